The Kier molecular flexibility index (Phi) is 5.20. The van der Waals surface area contributed by atoms with E-state index in [1.165, 1.54) is 44.2 Å². The molecule has 1 atom stereocenters. The molecule has 1 unspecified atom stereocenters. The molecule has 1 aliphatic rings. The van der Waals surface area contributed by atoms with E-state index in [0.717, 1.165) is 12.6 Å². The van der Waals surface area contributed by atoms with Gasteiger partial charge < -0.3 is 5.73 Å². The van der Waals surface area contributed by atoms with E-state index in [-0.39, 0.29) is 0 Å². The second-order valence-electron chi connectivity index (χ2n) is 4.36. The fraction of sp³-hybridized carbons (Fsp3) is 0.833. The topological polar surface area (TPSA) is 29.3 Å². The number of piperidine rings is 1. The van der Waals surface area contributed by atoms with Crippen LogP contribution in [-0.2, 0) is 0 Å². The van der Waals surface area contributed by atoms with Crippen LogP contribution >= 0.6 is 0 Å². The Morgan fingerprint density at radius 1 is 1.50 bits per heavy atom. The fourth-order valence-electron chi connectivity index (χ4n) is 2.28. The third-order valence-corrected chi connectivity index (χ3v) is 3.09. The summed E-state index contributed by atoms with van der Waals surface area (Å²) in [5, 5.41) is 0. The molecule has 0 aromatic heterocycles. The predicted octanol–water partition coefficient (Wildman–Crippen LogP) is 2.16. The first kappa shape index (κ1) is 11.7. The maximum Gasteiger partial charge on any atom is 0.0205 e. The average Bonchev–Trinajstić information content (AvgIpc) is 2.21. The molecule has 0 aromatic rings. The van der Waals surface area contributed by atoms with Crippen LogP contribution in [0.5, 0.6) is 0 Å². The Balaban J connectivity index is 2.41. The largest absolute Gasteiger partial charge is 0.327 e. The highest BCUT2D eigenvalue weighted by molar-refractivity contribution is 5.00. The van der Waals surface area contributed by atoms with Gasteiger partial charge in [0.2, 0.25) is 0 Å². The standard InChI is InChI=1S/C12H24N2/c1-3-6-12-7-4-5-8-14(12)10-11(2)9-13/h12H,2-10,13H2,1H3. The van der Waals surface area contributed by atoms with E-state index in [2.05, 4.69) is 18.4 Å². The van der Waals surface area contributed by atoms with Crippen LogP contribution in [0.25, 0.3) is 0 Å². The monoisotopic (exact) mass is 196 g/mol. The molecule has 0 radical (unpaired) electrons. The van der Waals surface area contributed by atoms with E-state index in [9.17, 15) is 0 Å². The van der Waals surface area contributed by atoms with Crippen LogP contribution in [0.2, 0.25) is 0 Å². The summed E-state index contributed by atoms with van der Waals surface area (Å²) in [5.41, 5.74) is 6.76. The zero-order chi connectivity index (χ0) is 10.4. The molecule has 1 rings (SSSR count). The summed E-state index contributed by atoms with van der Waals surface area (Å²) in [5.74, 6) is 0. The van der Waals surface area contributed by atoms with E-state index in [1.54, 1.807) is 0 Å². The second-order valence-corrected chi connectivity index (χ2v) is 4.36. The summed E-state index contributed by atoms with van der Waals surface area (Å²) in [7, 11) is 0. The smallest absolute Gasteiger partial charge is 0.0205 e. The van der Waals surface area contributed by atoms with E-state index in [1.807, 2.05) is 0 Å². The third kappa shape index (κ3) is 3.43. The van der Waals surface area contributed by atoms with Crippen molar-refractivity contribution < 1.29 is 0 Å². The van der Waals surface area contributed by atoms with E-state index in [0.29, 0.717) is 6.54 Å². The molecule has 0 bridgehead atoms. The van der Waals surface area contributed by atoms with Gasteiger partial charge in [-0.15, -0.1) is 0 Å². The van der Waals surface area contributed by atoms with Gasteiger partial charge in [-0.1, -0.05) is 26.3 Å². The van der Waals surface area contributed by atoms with Crippen LogP contribution in [0.3, 0.4) is 0 Å². The highest BCUT2D eigenvalue weighted by Gasteiger charge is 2.21. The van der Waals surface area contributed by atoms with Gasteiger partial charge in [0.25, 0.3) is 0 Å². The maximum absolute atomic E-state index is 5.58. The minimum atomic E-state index is 0.634. The Morgan fingerprint density at radius 2 is 2.29 bits per heavy atom. The van der Waals surface area contributed by atoms with E-state index < -0.39 is 0 Å². The van der Waals surface area contributed by atoms with Gasteiger partial charge in [-0.3, -0.25) is 4.90 Å². The normalized spacial score (nSPS) is 23.7. The predicted molar refractivity (Wildman–Crippen MR) is 62.3 cm³/mol. The van der Waals surface area contributed by atoms with Crippen LogP contribution in [0, 0.1) is 0 Å². The summed E-state index contributed by atoms with van der Waals surface area (Å²) < 4.78 is 0. The molecule has 2 nitrogen and oxygen atoms in total. The van der Waals surface area contributed by atoms with E-state index in [4.69, 9.17) is 5.73 Å². The van der Waals surface area contributed by atoms with Crippen molar-refractivity contribution in [2.75, 3.05) is 19.6 Å². The van der Waals surface area contributed by atoms with Gasteiger partial charge in [0.05, 0.1) is 0 Å². The summed E-state index contributed by atoms with van der Waals surface area (Å²) in [6.07, 6.45) is 6.73. The van der Waals surface area contributed by atoms with Crippen molar-refractivity contribution in [1.29, 1.82) is 0 Å². The van der Waals surface area contributed by atoms with Gasteiger partial charge in [-0.25, -0.2) is 0 Å². The lowest BCUT2D eigenvalue weighted by Crippen LogP contribution is -2.41. The van der Waals surface area contributed by atoms with Crippen LogP contribution in [0.1, 0.15) is 39.0 Å². The molecule has 0 spiro atoms. The van der Waals surface area contributed by atoms with Crippen LogP contribution in [0.15, 0.2) is 12.2 Å². The molecular formula is C12H24N2. The molecule has 14 heavy (non-hydrogen) atoms. The molecule has 1 fully saturated rings. The first-order chi connectivity index (χ1) is 6.77. The summed E-state index contributed by atoms with van der Waals surface area (Å²) in [6.45, 7) is 9.15. The van der Waals surface area contributed by atoms with Crippen molar-refractivity contribution >= 4 is 0 Å². The minimum absolute atomic E-state index is 0.634. The molecular weight excluding hydrogens is 172 g/mol. The van der Waals surface area contributed by atoms with Crippen molar-refractivity contribution in [2.24, 2.45) is 5.73 Å². The number of rotatable bonds is 5. The summed E-state index contributed by atoms with van der Waals surface area (Å²) >= 11 is 0. The minimum Gasteiger partial charge on any atom is -0.327 e. The maximum atomic E-state index is 5.58. The van der Waals surface area contributed by atoms with Crippen LogP contribution < -0.4 is 5.73 Å². The molecule has 0 aromatic carbocycles. The van der Waals surface area contributed by atoms with Crippen molar-refractivity contribution in [3.8, 4) is 0 Å². The SMILES string of the molecule is C=C(CN)CN1CCCCC1CCC. The highest BCUT2D eigenvalue weighted by atomic mass is 15.2. The zero-order valence-electron chi connectivity index (χ0n) is 9.47. The van der Waals surface area contributed by atoms with Crippen molar-refractivity contribution in [2.45, 2.75) is 45.1 Å². The van der Waals surface area contributed by atoms with Gasteiger partial charge >= 0.3 is 0 Å². The Bertz CT molecular complexity index is 175. The van der Waals surface area contributed by atoms with Crippen molar-refractivity contribution in [3.05, 3.63) is 12.2 Å². The Labute approximate surface area is 88.2 Å². The first-order valence-corrected chi connectivity index (χ1v) is 5.88. The van der Waals surface area contributed by atoms with Crippen molar-refractivity contribution in [3.63, 3.8) is 0 Å². The number of hydrogen-bond donors (Lipinski definition) is 1. The highest BCUT2D eigenvalue weighted by Crippen LogP contribution is 2.21. The van der Waals surface area contributed by atoms with Crippen LogP contribution in [-0.4, -0.2) is 30.6 Å². The van der Waals surface area contributed by atoms with Crippen molar-refractivity contribution in [1.82, 2.24) is 4.90 Å². The second kappa shape index (κ2) is 6.20. The molecule has 0 amide bonds. The lowest BCUT2D eigenvalue weighted by molar-refractivity contribution is 0.152. The Morgan fingerprint density at radius 3 is 2.93 bits per heavy atom. The number of nitrogens with zero attached hydrogens (tertiary/aromatic N) is 1. The molecule has 1 heterocycles. The number of likely N-dealkylation sites (tertiary alicyclic amines) is 1. The number of hydrogen-bond acceptors (Lipinski definition) is 2. The Hall–Kier alpha value is -0.340. The van der Waals surface area contributed by atoms with Gasteiger partial charge in [-0.05, 0) is 31.4 Å². The average molecular weight is 196 g/mol. The van der Waals surface area contributed by atoms with Gasteiger partial charge in [0.15, 0.2) is 0 Å². The first-order valence-electron chi connectivity index (χ1n) is 5.88. The van der Waals surface area contributed by atoms with Crippen LogP contribution in [0.4, 0.5) is 0 Å². The third-order valence-electron chi connectivity index (χ3n) is 3.09. The molecule has 1 saturated heterocycles. The van der Waals surface area contributed by atoms with Gasteiger partial charge in [0.1, 0.15) is 0 Å². The molecule has 82 valence electrons. The van der Waals surface area contributed by atoms with Gasteiger partial charge in [-0.2, -0.15) is 0 Å². The molecule has 2 heteroatoms. The molecule has 0 aliphatic carbocycles. The fourth-order valence-corrected chi connectivity index (χ4v) is 2.28. The number of nitrogens with two attached hydrogens (primary N) is 1. The quantitative estimate of drug-likeness (QED) is 0.683. The molecule has 0 saturated carbocycles. The lowest BCUT2D eigenvalue weighted by Gasteiger charge is -2.36. The zero-order valence-corrected chi connectivity index (χ0v) is 9.47. The summed E-state index contributed by atoms with van der Waals surface area (Å²) in [4.78, 5) is 2.57. The lowest BCUT2D eigenvalue weighted by atomic mass is 9.97. The molecule has 1 aliphatic heterocycles. The van der Waals surface area contributed by atoms with E-state index >= 15 is 0 Å². The summed E-state index contributed by atoms with van der Waals surface area (Å²) in [6, 6.07) is 0.789. The molecule has 2 N–H and O–H groups in total. The van der Waals surface area contributed by atoms with Gasteiger partial charge in [0, 0.05) is 19.1 Å².